The summed E-state index contributed by atoms with van der Waals surface area (Å²) in [4.78, 5) is 12.3. The fraction of sp³-hybridized carbons (Fsp3) is 0.158. The fourth-order valence-corrected chi connectivity index (χ4v) is 2.94. The molecule has 0 fully saturated rings. The molecule has 7 heteroatoms. The lowest BCUT2D eigenvalue weighted by atomic mass is 10.2. The highest BCUT2D eigenvalue weighted by Crippen LogP contribution is 2.25. The Morgan fingerprint density at radius 2 is 1.81 bits per heavy atom. The number of rotatable bonds is 6. The minimum Gasteiger partial charge on any atom is -0.494 e. The number of hydrogen-bond donors (Lipinski definition) is 1. The molecular weight excluding hydrogens is 373 g/mol. The number of nitrogens with zero attached hydrogens (tertiary/aromatic N) is 2. The van der Waals surface area contributed by atoms with Gasteiger partial charge in [0.05, 0.1) is 13.2 Å². The van der Waals surface area contributed by atoms with Gasteiger partial charge in [0.15, 0.2) is 5.82 Å². The van der Waals surface area contributed by atoms with Crippen LogP contribution < -0.4 is 10.1 Å². The summed E-state index contributed by atoms with van der Waals surface area (Å²) in [6.45, 7) is 2.91. The van der Waals surface area contributed by atoms with Crippen molar-refractivity contribution in [1.29, 1.82) is 0 Å². The molecule has 3 rings (SSSR count). The molecule has 0 atom stereocenters. The summed E-state index contributed by atoms with van der Waals surface area (Å²) in [6, 6.07) is 14.0. The average molecular weight is 390 g/mol. The van der Waals surface area contributed by atoms with E-state index >= 15 is 0 Å². The van der Waals surface area contributed by atoms with E-state index in [1.807, 2.05) is 6.92 Å². The van der Waals surface area contributed by atoms with Crippen molar-refractivity contribution < 1.29 is 9.53 Å². The number of aromatic nitrogens is 2. The predicted octanol–water partition coefficient (Wildman–Crippen LogP) is 4.89. The molecule has 0 aliphatic carbocycles. The number of carbonyl (C=O) groups is 1. The number of carbonyl (C=O) groups excluding carboxylic acids is 1. The average Bonchev–Trinajstić information content (AvgIpc) is 3.06. The lowest BCUT2D eigenvalue weighted by molar-refractivity contribution is 0.102. The molecule has 26 heavy (non-hydrogen) atoms. The van der Waals surface area contributed by atoms with Gasteiger partial charge in [-0.05, 0) is 43.3 Å². The van der Waals surface area contributed by atoms with Crippen molar-refractivity contribution in [2.45, 2.75) is 13.5 Å². The van der Waals surface area contributed by atoms with Crippen LogP contribution in [0.1, 0.15) is 22.8 Å². The van der Waals surface area contributed by atoms with Crippen LogP contribution in [0.2, 0.25) is 10.0 Å². The lowest BCUT2D eigenvalue weighted by Gasteiger charge is -2.07. The van der Waals surface area contributed by atoms with E-state index < -0.39 is 0 Å². The van der Waals surface area contributed by atoms with E-state index in [2.05, 4.69) is 10.4 Å². The van der Waals surface area contributed by atoms with Gasteiger partial charge in [-0.25, -0.2) is 0 Å². The minimum atomic E-state index is -0.242. The molecule has 1 aromatic heterocycles. The number of anilines is 1. The summed E-state index contributed by atoms with van der Waals surface area (Å²) in [5.41, 5.74) is 1.31. The molecule has 0 aliphatic rings. The summed E-state index contributed by atoms with van der Waals surface area (Å²) in [5.74, 6) is 0.936. The van der Waals surface area contributed by atoms with Crippen LogP contribution in [-0.2, 0) is 6.54 Å². The van der Waals surface area contributed by atoms with Gasteiger partial charge in [-0.2, -0.15) is 5.10 Å². The molecule has 1 N–H and O–H groups in total. The number of benzene rings is 2. The fourth-order valence-electron chi connectivity index (χ4n) is 2.42. The topological polar surface area (TPSA) is 56.1 Å². The molecule has 0 radical (unpaired) electrons. The van der Waals surface area contributed by atoms with E-state index in [4.69, 9.17) is 27.9 Å². The molecule has 0 spiro atoms. The largest absolute Gasteiger partial charge is 0.494 e. The zero-order chi connectivity index (χ0) is 18.5. The highest BCUT2D eigenvalue weighted by atomic mass is 35.5. The monoisotopic (exact) mass is 389 g/mol. The summed E-state index contributed by atoms with van der Waals surface area (Å²) in [5, 5.41) is 8.26. The Bertz CT molecular complexity index is 887. The van der Waals surface area contributed by atoms with Crippen LogP contribution in [0, 0.1) is 0 Å². The third-order valence-electron chi connectivity index (χ3n) is 3.69. The number of amides is 1. The molecule has 2 aromatic carbocycles. The predicted molar refractivity (Wildman–Crippen MR) is 103 cm³/mol. The van der Waals surface area contributed by atoms with Crippen LogP contribution in [-0.4, -0.2) is 22.3 Å². The zero-order valence-corrected chi connectivity index (χ0v) is 15.6. The van der Waals surface area contributed by atoms with Crippen LogP contribution >= 0.6 is 23.2 Å². The first-order valence-corrected chi connectivity index (χ1v) is 8.83. The second-order valence-corrected chi connectivity index (χ2v) is 6.32. The summed E-state index contributed by atoms with van der Waals surface area (Å²) < 4.78 is 7.04. The maximum Gasteiger partial charge on any atom is 0.256 e. The normalized spacial score (nSPS) is 10.6. The van der Waals surface area contributed by atoms with Crippen molar-refractivity contribution in [2.24, 2.45) is 0 Å². The van der Waals surface area contributed by atoms with Gasteiger partial charge in [0.2, 0.25) is 0 Å². The van der Waals surface area contributed by atoms with Crippen LogP contribution in [0.15, 0.2) is 54.7 Å². The third kappa shape index (κ3) is 4.36. The number of ether oxygens (including phenoxy) is 1. The van der Waals surface area contributed by atoms with E-state index in [0.717, 1.165) is 11.3 Å². The van der Waals surface area contributed by atoms with Gasteiger partial charge in [-0.15, -0.1) is 0 Å². The Balaban J connectivity index is 1.67. The summed E-state index contributed by atoms with van der Waals surface area (Å²) >= 11 is 12.4. The Morgan fingerprint density at radius 3 is 2.46 bits per heavy atom. The smallest absolute Gasteiger partial charge is 0.256 e. The highest BCUT2D eigenvalue weighted by Gasteiger charge is 2.10. The second-order valence-electron chi connectivity index (χ2n) is 5.51. The SMILES string of the molecule is CCOc1ccc(C(=O)Nc2ccn(Cc3c(Cl)cccc3Cl)n2)cc1. The van der Waals surface area contributed by atoms with Gasteiger partial charge in [0, 0.05) is 33.4 Å². The minimum absolute atomic E-state index is 0.242. The molecular formula is C19H17Cl2N3O2. The van der Waals surface area contributed by atoms with Gasteiger partial charge in [-0.1, -0.05) is 29.3 Å². The van der Waals surface area contributed by atoms with Crippen molar-refractivity contribution in [3.05, 3.63) is 75.9 Å². The van der Waals surface area contributed by atoms with E-state index in [0.29, 0.717) is 34.6 Å². The summed E-state index contributed by atoms with van der Waals surface area (Å²) in [7, 11) is 0. The molecule has 0 saturated heterocycles. The molecule has 3 aromatic rings. The van der Waals surface area contributed by atoms with Crippen molar-refractivity contribution in [3.8, 4) is 5.75 Å². The van der Waals surface area contributed by atoms with Gasteiger partial charge in [-0.3, -0.25) is 9.48 Å². The molecule has 0 saturated carbocycles. The molecule has 0 bridgehead atoms. The number of nitrogens with one attached hydrogen (secondary N) is 1. The third-order valence-corrected chi connectivity index (χ3v) is 4.40. The Hall–Kier alpha value is -2.50. The van der Waals surface area contributed by atoms with E-state index in [-0.39, 0.29) is 5.91 Å². The first-order chi connectivity index (χ1) is 12.6. The second kappa shape index (κ2) is 8.25. The van der Waals surface area contributed by atoms with Crippen molar-refractivity contribution in [1.82, 2.24) is 9.78 Å². The van der Waals surface area contributed by atoms with Crippen molar-refractivity contribution in [2.75, 3.05) is 11.9 Å². The lowest BCUT2D eigenvalue weighted by Crippen LogP contribution is -2.13. The zero-order valence-electron chi connectivity index (χ0n) is 14.1. The molecule has 134 valence electrons. The maximum absolute atomic E-state index is 12.3. The van der Waals surface area contributed by atoms with Gasteiger partial charge >= 0.3 is 0 Å². The standard InChI is InChI=1S/C19H17Cl2N3O2/c1-2-26-14-8-6-13(7-9-14)19(25)22-18-10-11-24(23-18)12-15-16(20)4-3-5-17(15)21/h3-11H,2,12H2,1H3,(H,22,23,25). The Labute approximate surface area is 161 Å². The van der Waals surface area contributed by atoms with Crippen LogP contribution in [0.3, 0.4) is 0 Å². The van der Waals surface area contributed by atoms with Crippen LogP contribution in [0.25, 0.3) is 0 Å². The van der Waals surface area contributed by atoms with Gasteiger partial charge in [0.1, 0.15) is 5.75 Å². The Kier molecular flexibility index (Phi) is 5.81. The number of halogens is 2. The number of hydrogen-bond acceptors (Lipinski definition) is 3. The van der Waals surface area contributed by atoms with Crippen LogP contribution in [0.5, 0.6) is 5.75 Å². The maximum atomic E-state index is 12.3. The van der Waals surface area contributed by atoms with Gasteiger partial charge in [0.25, 0.3) is 5.91 Å². The quantitative estimate of drug-likeness (QED) is 0.652. The van der Waals surface area contributed by atoms with E-state index in [1.54, 1.807) is 59.4 Å². The molecule has 0 unspecified atom stereocenters. The van der Waals surface area contributed by atoms with Crippen molar-refractivity contribution in [3.63, 3.8) is 0 Å². The molecule has 5 nitrogen and oxygen atoms in total. The first-order valence-electron chi connectivity index (χ1n) is 8.07. The van der Waals surface area contributed by atoms with E-state index in [1.165, 1.54) is 0 Å². The first kappa shape index (κ1) is 18.3. The van der Waals surface area contributed by atoms with E-state index in [9.17, 15) is 4.79 Å². The highest BCUT2D eigenvalue weighted by molar-refractivity contribution is 6.35. The van der Waals surface area contributed by atoms with Crippen LogP contribution in [0.4, 0.5) is 5.82 Å². The summed E-state index contributed by atoms with van der Waals surface area (Å²) in [6.07, 6.45) is 1.76. The molecule has 0 aliphatic heterocycles. The Morgan fingerprint density at radius 1 is 1.12 bits per heavy atom. The van der Waals surface area contributed by atoms with Gasteiger partial charge < -0.3 is 10.1 Å². The molecule has 1 heterocycles. The van der Waals surface area contributed by atoms with Crippen molar-refractivity contribution >= 4 is 34.9 Å². The molecule has 1 amide bonds.